The van der Waals surface area contributed by atoms with Gasteiger partial charge < -0.3 is 5.73 Å². The highest BCUT2D eigenvalue weighted by Gasteiger charge is 2.34. The van der Waals surface area contributed by atoms with Crippen LogP contribution in [0.5, 0.6) is 0 Å². The average Bonchev–Trinajstić information content (AvgIpc) is 2.57. The molecule has 0 bridgehead atoms. The fourth-order valence-electron chi connectivity index (χ4n) is 3.38. The fraction of sp³-hybridized carbons (Fsp3) is 0.909. The van der Waals surface area contributed by atoms with Crippen molar-refractivity contribution >= 4 is 11.6 Å². The predicted molar refractivity (Wildman–Crippen MR) is 108 cm³/mol. The summed E-state index contributed by atoms with van der Waals surface area (Å²) in [6.07, 6.45) is 20.1. The van der Waals surface area contributed by atoms with Gasteiger partial charge in [0, 0.05) is 0 Å². The van der Waals surface area contributed by atoms with Crippen molar-refractivity contribution in [1.82, 2.24) is 0 Å². The maximum atomic E-state index is 11.5. The minimum absolute atomic E-state index is 0.203. The van der Waals surface area contributed by atoms with Gasteiger partial charge >= 0.3 is 0 Å². The summed E-state index contributed by atoms with van der Waals surface area (Å²) in [7, 11) is 0. The van der Waals surface area contributed by atoms with E-state index in [1.54, 1.807) is 0 Å². The third kappa shape index (κ3) is 12.3. The molecular formula is C22H43NO2. The summed E-state index contributed by atoms with van der Waals surface area (Å²) in [5.41, 5.74) is 4.70. The molecule has 0 aromatic heterocycles. The van der Waals surface area contributed by atoms with Gasteiger partial charge in [-0.3, -0.25) is 9.59 Å². The van der Waals surface area contributed by atoms with Gasteiger partial charge in [0.1, 0.15) is 5.54 Å². The van der Waals surface area contributed by atoms with Crippen LogP contribution in [0, 0.1) is 0 Å². The molecule has 3 heteroatoms. The van der Waals surface area contributed by atoms with E-state index in [2.05, 4.69) is 6.92 Å². The molecule has 0 aromatic carbocycles. The minimum atomic E-state index is -1.24. The fourth-order valence-corrected chi connectivity index (χ4v) is 3.38. The Balaban J connectivity index is 3.37. The number of hydrogen-bond donors (Lipinski definition) is 1. The predicted octanol–water partition coefficient (Wildman–Crippen LogP) is 6.12. The van der Waals surface area contributed by atoms with Crippen LogP contribution < -0.4 is 5.73 Å². The van der Waals surface area contributed by atoms with Crippen molar-refractivity contribution in [3.8, 4) is 0 Å². The van der Waals surface area contributed by atoms with Crippen LogP contribution in [0.15, 0.2) is 0 Å². The van der Waals surface area contributed by atoms with Crippen LogP contribution in [0.1, 0.15) is 124 Å². The third-order valence-corrected chi connectivity index (χ3v) is 5.43. The van der Waals surface area contributed by atoms with Gasteiger partial charge in [0.15, 0.2) is 11.6 Å². The smallest absolute Gasteiger partial charge is 0.157 e. The molecule has 0 aliphatic heterocycles. The van der Waals surface area contributed by atoms with Crippen molar-refractivity contribution in [2.75, 3.05) is 0 Å². The van der Waals surface area contributed by atoms with Crippen LogP contribution in [-0.2, 0) is 9.59 Å². The number of Topliss-reactive ketones (excluding diaryl/α,β-unsaturated/α-hetero) is 2. The molecule has 3 nitrogen and oxygen atoms in total. The Bertz CT molecular complexity index is 338. The molecular weight excluding hydrogens is 310 g/mol. The lowest BCUT2D eigenvalue weighted by Gasteiger charge is -2.23. The van der Waals surface area contributed by atoms with Crippen molar-refractivity contribution in [2.45, 2.75) is 129 Å². The molecule has 0 aliphatic carbocycles. The SMILES string of the molecule is CCCCCCCCCCCCCCCCCC(N)(C(C)=O)C(C)=O. The molecule has 148 valence electrons. The van der Waals surface area contributed by atoms with E-state index < -0.39 is 5.54 Å². The van der Waals surface area contributed by atoms with Crippen molar-refractivity contribution < 1.29 is 9.59 Å². The van der Waals surface area contributed by atoms with Gasteiger partial charge in [-0.2, -0.15) is 0 Å². The quantitative estimate of drug-likeness (QED) is 0.238. The first kappa shape index (κ1) is 24.3. The molecule has 0 heterocycles. The molecule has 0 aliphatic rings. The highest BCUT2D eigenvalue weighted by molar-refractivity contribution is 6.09. The van der Waals surface area contributed by atoms with Gasteiger partial charge in [-0.15, -0.1) is 0 Å². The molecule has 0 amide bonds. The van der Waals surface area contributed by atoms with Crippen LogP contribution in [0.4, 0.5) is 0 Å². The largest absolute Gasteiger partial charge is 0.313 e. The first-order valence-electron chi connectivity index (χ1n) is 10.8. The zero-order valence-corrected chi connectivity index (χ0v) is 17.2. The van der Waals surface area contributed by atoms with Crippen LogP contribution in [0.3, 0.4) is 0 Å². The van der Waals surface area contributed by atoms with Gasteiger partial charge in [0.25, 0.3) is 0 Å². The van der Waals surface area contributed by atoms with Gasteiger partial charge in [-0.1, -0.05) is 103 Å². The normalized spacial score (nSPS) is 11.7. The Morgan fingerprint density at radius 1 is 0.600 bits per heavy atom. The Kier molecular flexibility index (Phi) is 15.1. The van der Waals surface area contributed by atoms with Crippen LogP contribution in [0.2, 0.25) is 0 Å². The maximum absolute atomic E-state index is 11.5. The van der Waals surface area contributed by atoms with E-state index in [0.29, 0.717) is 6.42 Å². The van der Waals surface area contributed by atoms with Crippen LogP contribution in [-0.4, -0.2) is 17.1 Å². The molecule has 2 N–H and O–H groups in total. The number of carbonyl (C=O) groups excluding carboxylic acids is 2. The lowest BCUT2D eigenvalue weighted by molar-refractivity contribution is -0.132. The Morgan fingerprint density at radius 2 is 0.880 bits per heavy atom. The zero-order valence-electron chi connectivity index (χ0n) is 17.2. The number of hydrogen-bond acceptors (Lipinski definition) is 3. The molecule has 0 aromatic rings. The second-order valence-corrected chi connectivity index (χ2v) is 7.78. The lowest BCUT2D eigenvalue weighted by Crippen LogP contribution is -2.52. The number of carbonyl (C=O) groups is 2. The first-order chi connectivity index (χ1) is 11.9. The van der Waals surface area contributed by atoms with E-state index in [-0.39, 0.29) is 11.6 Å². The second-order valence-electron chi connectivity index (χ2n) is 7.78. The Hall–Kier alpha value is -0.700. The highest BCUT2D eigenvalue weighted by Crippen LogP contribution is 2.17. The number of ketones is 2. The number of nitrogens with two attached hydrogens (primary N) is 1. The van der Waals surface area contributed by atoms with Gasteiger partial charge in [0.2, 0.25) is 0 Å². The standard InChI is InChI=1S/C22H43NO2/c1-4-5-6-7-8-9-10-11-12-13-14-15-16-17-18-19-22(23,20(2)24)21(3)25/h4-19,23H2,1-3H3. The molecule has 0 atom stereocenters. The minimum Gasteiger partial charge on any atom is -0.313 e. The molecule has 0 radical (unpaired) electrons. The summed E-state index contributed by atoms with van der Waals surface area (Å²) in [4.78, 5) is 23.1. The molecule has 0 saturated carbocycles. The summed E-state index contributed by atoms with van der Waals surface area (Å²) in [5, 5.41) is 0. The number of unbranched alkanes of at least 4 members (excludes halogenated alkanes) is 14. The van der Waals surface area contributed by atoms with Gasteiger partial charge in [-0.05, 0) is 20.3 Å². The van der Waals surface area contributed by atoms with E-state index in [1.807, 2.05) is 0 Å². The monoisotopic (exact) mass is 353 g/mol. The second kappa shape index (κ2) is 15.5. The lowest BCUT2D eigenvalue weighted by atomic mass is 9.86. The van der Waals surface area contributed by atoms with E-state index in [9.17, 15) is 9.59 Å². The topological polar surface area (TPSA) is 60.2 Å². The number of rotatable bonds is 18. The van der Waals surface area contributed by atoms with Gasteiger partial charge in [0.05, 0.1) is 0 Å². The molecule has 0 unspecified atom stereocenters. The maximum Gasteiger partial charge on any atom is 0.157 e. The van der Waals surface area contributed by atoms with Crippen LogP contribution >= 0.6 is 0 Å². The first-order valence-corrected chi connectivity index (χ1v) is 10.8. The summed E-state index contributed by atoms with van der Waals surface area (Å²) in [5.74, 6) is -0.407. The molecule has 0 rings (SSSR count). The van der Waals surface area contributed by atoms with Crippen molar-refractivity contribution in [1.29, 1.82) is 0 Å². The summed E-state index contributed by atoms with van der Waals surface area (Å²) >= 11 is 0. The van der Waals surface area contributed by atoms with E-state index >= 15 is 0 Å². The average molecular weight is 354 g/mol. The molecule has 0 saturated heterocycles. The van der Waals surface area contributed by atoms with E-state index in [0.717, 1.165) is 12.8 Å². The molecule has 0 fully saturated rings. The zero-order chi connectivity index (χ0) is 19.0. The van der Waals surface area contributed by atoms with Crippen molar-refractivity contribution in [2.24, 2.45) is 5.73 Å². The van der Waals surface area contributed by atoms with Gasteiger partial charge in [-0.25, -0.2) is 0 Å². The van der Waals surface area contributed by atoms with Crippen molar-refractivity contribution in [3.05, 3.63) is 0 Å². The highest BCUT2D eigenvalue weighted by atomic mass is 16.2. The van der Waals surface area contributed by atoms with E-state index in [1.165, 1.54) is 97.3 Å². The van der Waals surface area contributed by atoms with Crippen LogP contribution in [0.25, 0.3) is 0 Å². The summed E-state index contributed by atoms with van der Waals surface area (Å²) < 4.78 is 0. The van der Waals surface area contributed by atoms with E-state index in [4.69, 9.17) is 5.73 Å². The summed E-state index contributed by atoms with van der Waals surface area (Å²) in [6, 6.07) is 0. The third-order valence-electron chi connectivity index (χ3n) is 5.43. The molecule has 0 spiro atoms. The molecule has 25 heavy (non-hydrogen) atoms. The van der Waals surface area contributed by atoms with Crippen molar-refractivity contribution in [3.63, 3.8) is 0 Å². The Morgan fingerprint density at radius 3 is 1.16 bits per heavy atom. The Labute approximate surface area is 156 Å². The summed E-state index contributed by atoms with van der Waals surface area (Å²) in [6.45, 7) is 5.11.